The number of rotatable bonds is 2. The van der Waals surface area contributed by atoms with Gasteiger partial charge in [0.15, 0.2) is 0 Å². The molecule has 0 amide bonds. The van der Waals surface area contributed by atoms with Gasteiger partial charge in [0.25, 0.3) is 0 Å². The summed E-state index contributed by atoms with van der Waals surface area (Å²) >= 11 is 7.23. The zero-order valence-electron chi connectivity index (χ0n) is 8.01. The molecule has 2 heterocycles. The average molecular weight is 241 g/mol. The Bertz CT molecular complexity index is 483. The predicted octanol–water partition coefficient (Wildman–Crippen LogP) is 2.20. The first-order valence-electron chi connectivity index (χ1n) is 4.23. The van der Waals surface area contributed by atoms with Crippen LogP contribution in [0.3, 0.4) is 0 Å². The van der Waals surface area contributed by atoms with Gasteiger partial charge in [0, 0.05) is 13.2 Å². The number of hydrogen-bond donors (Lipinski definition) is 1. The SMILES string of the molecule is Cn1cc(Sc2nc(Cl)ccc2N)cn1. The number of hydrogen-bond acceptors (Lipinski definition) is 4. The quantitative estimate of drug-likeness (QED) is 0.818. The van der Waals surface area contributed by atoms with Gasteiger partial charge in [-0.2, -0.15) is 5.10 Å². The summed E-state index contributed by atoms with van der Waals surface area (Å²) in [6.07, 6.45) is 3.65. The van der Waals surface area contributed by atoms with Crippen molar-refractivity contribution in [3.05, 3.63) is 29.7 Å². The largest absolute Gasteiger partial charge is 0.397 e. The van der Waals surface area contributed by atoms with Crippen LogP contribution in [0.4, 0.5) is 5.69 Å². The van der Waals surface area contributed by atoms with E-state index in [4.69, 9.17) is 17.3 Å². The summed E-state index contributed by atoms with van der Waals surface area (Å²) in [5.41, 5.74) is 6.39. The Morgan fingerprint density at radius 3 is 2.93 bits per heavy atom. The molecule has 2 N–H and O–H groups in total. The second-order valence-corrected chi connectivity index (χ2v) is 4.43. The number of pyridine rings is 1. The van der Waals surface area contributed by atoms with E-state index in [0.29, 0.717) is 15.9 Å². The van der Waals surface area contributed by atoms with Crippen LogP contribution in [0.2, 0.25) is 5.15 Å². The molecule has 0 atom stereocenters. The van der Waals surface area contributed by atoms with E-state index in [1.165, 1.54) is 11.8 Å². The van der Waals surface area contributed by atoms with Gasteiger partial charge in [0.2, 0.25) is 0 Å². The zero-order valence-corrected chi connectivity index (χ0v) is 9.59. The summed E-state index contributed by atoms with van der Waals surface area (Å²) in [4.78, 5) is 5.13. The van der Waals surface area contributed by atoms with Gasteiger partial charge < -0.3 is 5.73 Å². The third kappa shape index (κ3) is 2.43. The highest BCUT2D eigenvalue weighted by Gasteiger charge is 2.05. The Kier molecular flexibility index (Phi) is 2.83. The van der Waals surface area contributed by atoms with Crippen LogP contribution >= 0.6 is 23.4 Å². The summed E-state index contributed by atoms with van der Waals surface area (Å²) in [7, 11) is 1.86. The van der Waals surface area contributed by atoms with E-state index in [1.54, 1.807) is 23.0 Å². The van der Waals surface area contributed by atoms with Crippen LogP contribution in [0.25, 0.3) is 0 Å². The van der Waals surface area contributed by atoms with E-state index < -0.39 is 0 Å². The molecular weight excluding hydrogens is 232 g/mol. The van der Waals surface area contributed by atoms with Crippen molar-refractivity contribution in [2.75, 3.05) is 5.73 Å². The first-order valence-corrected chi connectivity index (χ1v) is 5.43. The van der Waals surface area contributed by atoms with Gasteiger partial charge in [-0.1, -0.05) is 23.4 Å². The van der Waals surface area contributed by atoms with Gasteiger partial charge in [0.05, 0.1) is 16.8 Å². The second kappa shape index (κ2) is 4.12. The van der Waals surface area contributed by atoms with Crippen molar-refractivity contribution in [1.29, 1.82) is 0 Å². The maximum atomic E-state index is 5.79. The third-order valence-corrected chi connectivity index (χ3v) is 2.93. The standard InChI is InChI=1S/C9H9ClN4S/c1-14-5-6(4-12-14)15-9-7(11)2-3-8(10)13-9/h2-5H,11H2,1H3. The third-order valence-electron chi connectivity index (χ3n) is 1.75. The number of aryl methyl sites for hydroxylation is 1. The molecule has 4 nitrogen and oxygen atoms in total. The van der Waals surface area contributed by atoms with Gasteiger partial charge in [-0.05, 0) is 12.1 Å². The molecule has 0 radical (unpaired) electrons. The lowest BCUT2D eigenvalue weighted by Crippen LogP contribution is -1.91. The predicted molar refractivity (Wildman–Crippen MR) is 61.0 cm³/mol. The van der Waals surface area contributed by atoms with Crippen molar-refractivity contribution in [3.8, 4) is 0 Å². The van der Waals surface area contributed by atoms with Crippen LogP contribution in [-0.4, -0.2) is 14.8 Å². The smallest absolute Gasteiger partial charge is 0.130 e. The fourth-order valence-corrected chi connectivity index (χ4v) is 2.13. The average Bonchev–Trinajstić information content (AvgIpc) is 2.58. The van der Waals surface area contributed by atoms with Gasteiger partial charge in [-0.15, -0.1) is 0 Å². The Morgan fingerprint density at radius 2 is 2.27 bits per heavy atom. The summed E-state index contributed by atoms with van der Waals surface area (Å²) in [6, 6.07) is 3.41. The number of anilines is 1. The summed E-state index contributed by atoms with van der Waals surface area (Å²) < 4.78 is 1.73. The van der Waals surface area contributed by atoms with Crippen molar-refractivity contribution in [1.82, 2.24) is 14.8 Å². The van der Waals surface area contributed by atoms with Gasteiger partial charge in [-0.25, -0.2) is 4.98 Å². The number of halogens is 1. The van der Waals surface area contributed by atoms with Gasteiger partial charge in [-0.3, -0.25) is 4.68 Å². The molecule has 2 aromatic rings. The molecule has 0 saturated carbocycles. The molecule has 6 heteroatoms. The summed E-state index contributed by atoms with van der Waals surface area (Å²) in [5.74, 6) is 0. The van der Waals surface area contributed by atoms with Gasteiger partial charge >= 0.3 is 0 Å². The molecule has 15 heavy (non-hydrogen) atoms. The molecule has 0 saturated heterocycles. The second-order valence-electron chi connectivity index (χ2n) is 2.98. The topological polar surface area (TPSA) is 56.7 Å². The lowest BCUT2D eigenvalue weighted by Gasteiger charge is -2.02. The molecule has 0 spiro atoms. The van der Waals surface area contributed by atoms with Crippen LogP contribution in [0.15, 0.2) is 34.4 Å². The Balaban J connectivity index is 2.27. The first-order chi connectivity index (χ1) is 7.15. The molecule has 0 unspecified atom stereocenters. The summed E-state index contributed by atoms with van der Waals surface area (Å²) in [5, 5.41) is 5.20. The van der Waals surface area contributed by atoms with E-state index >= 15 is 0 Å². The van der Waals surface area contributed by atoms with Crippen LogP contribution < -0.4 is 5.73 Å². The molecule has 0 aliphatic heterocycles. The fraction of sp³-hybridized carbons (Fsp3) is 0.111. The van der Waals surface area contributed by atoms with Gasteiger partial charge in [0.1, 0.15) is 10.2 Å². The number of nitrogens with zero attached hydrogens (tertiary/aromatic N) is 3. The van der Waals surface area contributed by atoms with Crippen LogP contribution in [0.5, 0.6) is 0 Å². The first kappa shape index (κ1) is 10.3. The Labute approximate surface area is 96.4 Å². The highest BCUT2D eigenvalue weighted by atomic mass is 35.5. The molecular formula is C9H9ClN4S. The summed E-state index contributed by atoms with van der Waals surface area (Å²) in [6.45, 7) is 0. The number of aromatic nitrogens is 3. The maximum Gasteiger partial charge on any atom is 0.130 e. The maximum absolute atomic E-state index is 5.79. The molecule has 2 rings (SSSR count). The van der Waals surface area contributed by atoms with E-state index in [-0.39, 0.29) is 0 Å². The fourth-order valence-electron chi connectivity index (χ4n) is 1.07. The van der Waals surface area contributed by atoms with Crippen molar-refractivity contribution >= 4 is 29.1 Å². The number of nitrogen functional groups attached to an aromatic ring is 1. The molecule has 0 aliphatic carbocycles. The van der Waals surface area contributed by atoms with Crippen molar-refractivity contribution in [2.24, 2.45) is 7.05 Å². The molecule has 78 valence electrons. The highest BCUT2D eigenvalue weighted by Crippen LogP contribution is 2.30. The van der Waals surface area contributed by atoms with Crippen molar-refractivity contribution in [3.63, 3.8) is 0 Å². The minimum atomic E-state index is 0.440. The molecule has 0 bridgehead atoms. The molecule has 2 aromatic heterocycles. The zero-order chi connectivity index (χ0) is 10.8. The van der Waals surface area contributed by atoms with Crippen LogP contribution in [0.1, 0.15) is 0 Å². The minimum absolute atomic E-state index is 0.440. The lowest BCUT2D eigenvalue weighted by atomic mass is 10.4. The molecule has 0 aromatic carbocycles. The van der Waals surface area contributed by atoms with E-state index in [1.807, 2.05) is 13.2 Å². The number of nitrogens with two attached hydrogens (primary N) is 1. The highest BCUT2D eigenvalue weighted by molar-refractivity contribution is 7.99. The van der Waals surface area contributed by atoms with Crippen LogP contribution in [-0.2, 0) is 7.05 Å². The normalized spacial score (nSPS) is 10.5. The molecule has 0 aliphatic rings. The monoisotopic (exact) mass is 240 g/mol. The van der Waals surface area contributed by atoms with E-state index in [0.717, 1.165) is 4.90 Å². The molecule has 0 fully saturated rings. The van der Waals surface area contributed by atoms with Crippen molar-refractivity contribution in [2.45, 2.75) is 9.92 Å². The van der Waals surface area contributed by atoms with Crippen molar-refractivity contribution < 1.29 is 0 Å². The lowest BCUT2D eigenvalue weighted by molar-refractivity contribution is 0.766. The van der Waals surface area contributed by atoms with E-state index in [9.17, 15) is 0 Å². The van der Waals surface area contributed by atoms with Crippen LogP contribution in [0, 0.1) is 0 Å². The van der Waals surface area contributed by atoms with E-state index in [2.05, 4.69) is 10.1 Å². The minimum Gasteiger partial charge on any atom is -0.397 e. The Morgan fingerprint density at radius 1 is 1.47 bits per heavy atom. The Hall–Kier alpha value is -1.20.